The van der Waals surface area contributed by atoms with Crippen LogP contribution in [0.2, 0.25) is 0 Å². The van der Waals surface area contributed by atoms with Crippen LogP contribution in [0.4, 0.5) is 15.8 Å². The molecule has 0 saturated heterocycles. The molecule has 6 nitrogen and oxygen atoms in total. The number of nitrogens with one attached hydrogen (secondary N) is 2. The van der Waals surface area contributed by atoms with E-state index in [4.69, 9.17) is 0 Å². The highest BCUT2D eigenvalue weighted by Crippen LogP contribution is 2.31. The molecule has 0 bridgehead atoms. The van der Waals surface area contributed by atoms with E-state index in [2.05, 4.69) is 19.4 Å². The second kappa shape index (κ2) is 9.59. The van der Waals surface area contributed by atoms with E-state index >= 15 is 0 Å². The van der Waals surface area contributed by atoms with E-state index < -0.39 is 5.82 Å². The smallest absolute Gasteiger partial charge is 0.277 e. The van der Waals surface area contributed by atoms with Gasteiger partial charge in [-0.2, -0.15) is 14.0 Å². The molecule has 164 valence electrons. The molecule has 2 N–H and O–H groups in total. The summed E-state index contributed by atoms with van der Waals surface area (Å²) in [6.07, 6.45) is 1.44. The molecule has 3 aromatic carbocycles. The molecule has 1 aromatic heterocycles. The highest BCUT2D eigenvalue weighted by molar-refractivity contribution is 6.99. The van der Waals surface area contributed by atoms with Gasteiger partial charge in [-0.3, -0.25) is 4.79 Å². The first kappa shape index (κ1) is 22.1. The highest BCUT2D eigenvalue weighted by Gasteiger charge is 2.16. The second-order valence-electron chi connectivity index (χ2n) is 7.51. The zero-order valence-corrected chi connectivity index (χ0v) is 18.8. The van der Waals surface area contributed by atoms with Gasteiger partial charge >= 0.3 is 0 Å². The highest BCUT2D eigenvalue weighted by atomic mass is 32.1. The van der Waals surface area contributed by atoms with Crippen LogP contribution in [0.1, 0.15) is 40.1 Å². The maximum Gasteiger partial charge on any atom is 0.277 e. The van der Waals surface area contributed by atoms with Crippen LogP contribution in [-0.4, -0.2) is 14.7 Å². The Balaban J connectivity index is 1.55. The Hall–Kier alpha value is -4.09. The molecule has 0 saturated carbocycles. The molecule has 0 aliphatic heterocycles. The Morgan fingerprint density at radius 2 is 1.88 bits per heavy atom. The third kappa shape index (κ3) is 4.73. The van der Waals surface area contributed by atoms with Crippen molar-refractivity contribution in [3.05, 3.63) is 95.1 Å². The molecule has 4 rings (SSSR count). The van der Waals surface area contributed by atoms with Crippen molar-refractivity contribution in [3.8, 4) is 17.2 Å². The number of nitriles is 1. The summed E-state index contributed by atoms with van der Waals surface area (Å²) in [6.45, 7) is 3.93. The number of rotatable bonds is 6. The number of amides is 1. The molecule has 4 aromatic rings. The van der Waals surface area contributed by atoms with Crippen molar-refractivity contribution in [3.63, 3.8) is 0 Å². The lowest BCUT2D eigenvalue weighted by molar-refractivity contribution is 0.102. The number of nitrogens with zero attached hydrogens (tertiary/aromatic N) is 3. The van der Waals surface area contributed by atoms with Gasteiger partial charge in [-0.15, -0.1) is 0 Å². The van der Waals surface area contributed by atoms with Crippen LogP contribution < -0.4 is 10.6 Å². The number of anilines is 2. The number of carbonyl (C=O) groups is 1. The van der Waals surface area contributed by atoms with Crippen LogP contribution in [0.15, 0.2) is 66.9 Å². The van der Waals surface area contributed by atoms with E-state index in [0.717, 1.165) is 34.1 Å². The Kier molecular flexibility index (Phi) is 6.43. The van der Waals surface area contributed by atoms with E-state index in [1.165, 1.54) is 12.3 Å². The fourth-order valence-corrected chi connectivity index (χ4v) is 3.95. The van der Waals surface area contributed by atoms with E-state index in [0.29, 0.717) is 11.3 Å². The average Bonchev–Trinajstić information content (AvgIpc) is 3.36. The summed E-state index contributed by atoms with van der Waals surface area (Å²) in [7, 11) is 0. The van der Waals surface area contributed by atoms with Gasteiger partial charge in [0.05, 0.1) is 34.9 Å². The molecule has 0 aliphatic rings. The third-order valence-corrected chi connectivity index (χ3v) is 5.80. The van der Waals surface area contributed by atoms with E-state index in [-0.39, 0.29) is 23.2 Å². The molecule has 1 unspecified atom stereocenters. The zero-order valence-electron chi connectivity index (χ0n) is 18.0. The summed E-state index contributed by atoms with van der Waals surface area (Å²) in [4.78, 5) is 12.5. The number of para-hydroxylation sites is 1. The van der Waals surface area contributed by atoms with Gasteiger partial charge in [0.1, 0.15) is 11.9 Å². The summed E-state index contributed by atoms with van der Waals surface area (Å²) in [5.41, 5.74) is 4.99. The minimum atomic E-state index is -0.531. The summed E-state index contributed by atoms with van der Waals surface area (Å²) in [5, 5.41) is 15.7. The first-order chi connectivity index (χ1) is 16.0. The van der Waals surface area contributed by atoms with Crippen molar-refractivity contribution in [2.24, 2.45) is 0 Å². The second-order valence-corrected chi connectivity index (χ2v) is 8.06. The number of halogens is 1. The minimum absolute atomic E-state index is 0.0341. The minimum Gasteiger partial charge on any atom is -0.377 e. The number of hydrogen-bond acceptors (Lipinski definition) is 6. The van der Waals surface area contributed by atoms with Gasteiger partial charge in [0.15, 0.2) is 5.69 Å². The molecule has 1 heterocycles. The molecule has 1 atom stereocenters. The van der Waals surface area contributed by atoms with Crippen molar-refractivity contribution in [2.75, 3.05) is 10.6 Å². The maximum absolute atomic E-state index is 14.0. The lowest BCUT2D eigenvalue weighted by Gasteiger charge is -2.20. The van der Waals surface area contributed by atoms with Gasteiger partial charge in [0.2, 0.25) is 0 Å². The first-order valence-corrected chi connectivity index (χ1v) is 10.9. The molecule has 33 heavy (non-hydrogen) atoms. The van der Waals surface area contributed by atoms with Crippen molar-refractivity contribution in [1.29, 1.82) is 5.26 Å². The normalized spacial score (nSPS) is 11.5. The Labute approximate surface area is 195 Å². The SMILES string of the molecule is Cc1cccc(NC(C)c2ccc(-c3cccc(F)c3C#N)cc2)c1NC(=O)c1cnsn1. The lowest BCUT2D eigenvalue weighted by Crippen LogP contribution is -2.16. The summed E-state index contributed by atoms with van der Waals surface area (Å²) >= 11 is 0.982. The van der Waals surface area contributed by atoms with Crippen LogP contribution in [0, 0.1) is 24.1 Å². The third-order valence-electron chi connectivity index (χ3n) is 5.32. The standard InChI is InChI=1S/C25H20FN5OS/c1-15-5-3-8-22(24(15)30-25(32)23-14-28-33-31-23)29-16(2)17-9-11-18(12-10-17)19-6-4-7-21(26)20(19)13-27/h3-12,14,16,29H,1-2H3,(H,30,32). The van der Waals surface area contributed by atoms with Crippen molar-refractivity contribution in [1.82, 2.24) is 8.75 Å². The van der Waals surface area contributed by atoms with E-state index in [1.54, 1.807) is 12.1 Å². The van der Waals surface area contributed by atoms with Crippen molar-refractivity contribution >= 4 is 29.0 Å². The Bertz CT molecular complexity index is 1330. The topological polar surface area (TPSA) is 90.7 Å². The fraction of sp³-hybridized carbons (Fsp3) is 0.120. The number of benzene rings is 3. The average molecular weight is 458 g/mol. The molecular weight excluding hydrogens is 437 g/mol. The number of carbonyl (C=O) groups excluding carboxylic acids is 1. The predicted molar refractivity (Wildman–Crippen MR) is 128 cm³/mol. The number of hydrogen-bond donors (Lipinski definition) is 2. The van der Waals surface area contributed by atoms with Gasteiger partial charge < -0.3 is 10.6 Å². The molecule has 0 fully saturated rings. The van der Waals surface area contributed by atoms with Crippen LogP contribution in [0.3, 0.4) is 0 Å². The number of aryl methyl sites for hydroxylation is 1. The van der Waals surface area contributed by atoms with Gasteiger partial charge in [0, 0.05) is 11.6 Å². The van der Waals surface area contributed by atoms with Gasteiger partial charge in [0.25, 0.3) is 5.91 Å². The predicted octanol–water partition coefficient (Wildman–Crippen LogP) is 5.95. The lowest BCUT2D eigenvalue weighted by atomic mass is 9.97. The molecule has 0 aliphatic carbocycles. The Morgan fingerprint density at radius 3 is 2.58 bits per heavy atom. The molecule has 0 spiro atoms. The quantitative estimate of drug-likeness (QED) is 0.373. The number of aromatic nitrogens is 2. The monoisotopic (exact) mass is 457 g/mol. The van der Waals surface area contributed by atoms with E-state index in [9.17, 15) is 14.4 Å². The van der Waals surface area contributed by atoms with Crippen LogP contribution in [0.25, 0.3) is 11.1 Å². The fourth-order valence-electron chi connectivity index (χ4n) is 3.54. The van der Waals surface area contributed by atoms with Gasteiger partial charge in [-0.05, 0) is 42.7 Å². The Morgan fingerprint density at radius 1 is 1.12 bits per heavy atom. The van der Waals surface area contributed by atoms with Crippen LogP contribution in [-0.2, 0) is 0 Å². The molecule has 0 radical (unpaired) electrons. The summed E-state index contributed by atoms with van der Waals surface area (Å²) < 4.78 is 21.8. The van der Waals surface area contributed by atoms with E-state index in [1.807, 2.05) is 62.4 Å². The molecule has 1 amide bonds. The van der Waals surface area contributed by atoms with Crippen molar-refractivity contribution < 1.29 is 9.18 Å². The van der Waals surface area contributed by atoms with Gasteiger partial charge in [-0.25, -0.2) is 4.39 Å². The first-order valence-electron chi connectivity index (χ1n) is 10.2. The van der Waals surface area contributed by atoms with Crippen LogP contribution >= 0.6 is 11.7 Å². The maximum atomic E-state index is 14.0. The van der Waals surface area contributed by atoms with Crippen molar-refractivity contribution in [2.45, 2.75) is 19.9 Å². The molecular formula is C25H20FN5OS. The zero-order chi connectivity index (χ0) is 23.4. The summed E-state index contributed by atoms with van der Waals surface area (Å²) in [5.74, 6) is -0.849. The largest absolute Gasteiger partial charge is 0.377 e. The van der Waals surface area contributed by atoms with Gasteiger partial charge in [-0.1, -0.05) is 48.5 Å². The summed E-state index contributed by atoms with van der Waals surface area (Å²) in [6, 6.07) is 19.8. The molecule has 8 heteroatoms. The van der Waals surface area contributed by atoms with Crippen LogP contribution in [0.5, 0.6) is 0 Å².